The van der Waals surface area contributed by atoms with Crippen molar-refractivity contribution in [2.75, 3.05) is 6.61 Å². The van der Waals surface area contributed by atoms with Gasteiger partial charge in [-0.15, -0.1) is 0 Å². The maximum Gasteiger partial charge on any atom is 0.344 e. The lowest BCUT2D eigenvalue weighted by molar-refractivity contribution is -0.142. The molecule has 0 aliphatic rings. The standard InChI is InChI=1S/C12H11NO4/c1-8-10(6-13-16-7-12(14)15)9-4-2-3-5-11(9)17-8/h2-6H,7H2,1H3,(H,14,15)/b13-6+. The van der Waals surface area contributed by atoms with E-state index in [1.807, 2.05) is 31.2 Å². The van der Waals surface area contributed by atoms with Crippen LogP contribution in [0.2, 0.25) is 0 Å². The van der Waals surface area contributed by atoms with Crippen LogP contribution >= 0.6 is 0 Å². The third-order valence-corrected chi connectivity index (χ3v) is 2.26. The largest absolute Gasteiger partial charge is 0.479 e. The van der Waals surface area contributed by atoms with Gasteiger partial charge in [0.25, 0.3) is 0 Å². The highest BCUT2D eigenvalue weighted by Crippen LogP contribution is 2.23. The molecule has 1 aromatic carbocycles. The predicted molar refractivity (Wildman–Crippen MR) is 62.1 cm³/mol. The molecule has 0 atom stereocenters. The molecule has 1 heterocycles. The SMILES string of the molecule is Cc1oc2ccccc2c1/C=N/OCC(=O)O. The van der Waals surface area contributed by atoms with Gasteiger partial charge in [-0.2, -0.15) is 0 Å². The number of carbonyl (C=O) groups is 1. The number of benzene rings is 1. The fraction of sp³-hybridized carbons (Fsp3) is 0.167. The molecule has 0 bridgehead atoms. The Morgan fingerprint density at radius 2 is 2.29 bits per heavy atom. The summed E-state index contributed by atoms with van der Waals surface area (Å²) in [5.74, 6) is -0.343. The van der Waals surface area contributed by atoms with Crippen molar-refractivity contribution in [2.24, 2.45) is 5.16 Å². The van der Waals surface area contributed by atoms with E-state index in [0.29, 0.717) is 5.76 Å². The van der Waals surface area contributed by atoms with Crippen LogP contribution in [0.1, 0.15) is 11.3 Å². The zero-order valence-electron chi connectivity index (χ0n) is 9.21. The number of carboxylic acids is 1. The summed E-state index contributed by atoms with van der Waals surface area (Å²) >= 11 is 0. The van der Waals surface area contributed by atoms with Gasteiger partial charge in [0.05, 0.1) is 6.21 Å². The van der Waals surface area contributed by atoms with Gasteiger partial charge in [-0.25, -0.2) is 4.79 Å². The van der Waals surface area contributed by atoms with Crippen LogP contribution in [0, 0.1) is 6.92 Å². The highest BCUT2D eigenvalue weighted by Gasteiger charge is 2.07. The van der Waals surface area contributed by atoms with Crippen molar-refractivity contribution in [1.29, 1.82) is 0 Å². The van der Waals surface area contributed by atoms with E-state index in [4.69, 9.17) is 9.52 Å². The molecule has 2 aromatic rings. The fourth-order valence-corrected chi connectivity index (χ4v) is 1.53. The van der Waals surface area contributed by atoms with E-state index >= 15 is 0 Å². The number of carboxylic acid groups (broad SMARTS) is 1. The van der Waals surface area contributed by atoms with Gasteiger partial charge in [-0.1, -0.05) is 23.4 Å². The topological polar surface area (TPSA) is 72.0 Å². The molecule has 5 nitrogen and oxygen atoms in total. The average Bonchev–Trinajstić information content (AvgIpc) is 2.60. The molecule has 0 aliphatic heterocycles. The molecule has 0 radical (unpaired) electrons. The second-order valence-corrected chi connectivity index (χ2v) is 3.47. The number of furan rings is 1. The summed E-state index contributed by atoms with van der Waals surface area (Å²) in [6.07, 6.45) is 1.46. The monoisotopic (exact) mass is 233 g/mol. The van der Waals surface area contributed by atoms with Crippen LogP contribution in [0.15, 0.2) is 33.8 Å². The minimum Gasteiger partial charge on any atom is -0.479 e. The van der Waals surface area contributed by atoms with Crippen molar-refractivity contribution >= 4 is 23.2 Å². The third kappa shape index (κ3) is 2.44. The molecule has 2 rings (SSSR count). The van der Waals surface area contributed by atoms with E-state index in [1.165, 1.54) is 6.21 Å². The van der Waals surface area contributed by atoms with E-state index in [1.54, 1.807) is 0 Å². The van der Waals surface area contributed by atoms with Gasteiger partial charge in [-0.05, 0) is 13.0 Å². The molecule has 1 N–H and O–H groups in total. The number of aryl methyl sites for hydroxylation is 1. The van der Waals surface area contributed by atoms with Gasteiger partial charge in [0, 0.05) is 10.9 Å². The second-order valence-electron chi connectivity index (χ2n) is 3.47. The lowest BCUT2D eigenvalue weighted by Crippen LogP contribution is -2.03. The number of oxime groups is 1. The van der Waals surface area contributed by atoms with Crippen molar-refractivity contribution < 1.29 is 19.2 Å². The van der Waals surface area contributed by atoms with Crippen molar-refractivity contribution in [2.45, 2.75) is 6.92 Å². The fourth-order valence-electron chi connectivity index (χ4n) is 1.53. The first-order chi connectivity index (χ1) is 8.18. The van der Waals surface area contributed by atoms with E-state index in [0.717, 1.165) is 16.5 Å². The summed E-state index contributed by atoms with van der Waals surface area (Å²) in [5, 5.41) is 12.9. The number of fused-ring (bicyclic) bond motifs is 1. The zero-order valence-corrected chi connectivity index (χ0v) is 9.21. The highest BCUT2D eigenvalue weighted by molar-refractivity contribution is 5.99. The third-order valence-electron chi connectivity index (χ3n) is 2.26. The van der Waals surface area contributed by atoms with Crippen molar-refractivity contribution in [3.63, 3.8) is 0 Å². The normalized spacial score (nSPS) is 11.1. The van der Waals surface area contributed by atoms with Crippen molar-refractivity contribution in [1.82, 2.24) is 0 Å². The van der Waals surface area contributed by atoms with E-state index < -0.39 is 12.6 Å². The molecule has 5 heteroatoms. The Morgan fingerprint density at radius 3 is 3.06 bits per heavy atom. The van der Waals surface area contributed by atoms with Gasteiger partial charge < -0.3 is 14.4 Å². The Hall–Kier alpha value is -2.30. The van der Waals surface area contributed by atoms with Gasteiger partial charge in [0.1, 0.15) is 11.3 Å². The molecule has 1 aromatic heterocycles. The molecule has 0 unspecified atom stereocenters. The quantitative estimate of drug-likeness (QED) is 0.648. The summed E-state index contributed by atoms with van der Waals surface area (Å²) in [4.78, 5) is 14.8. The molecular weight excluding hydrogens is 222 g/mol. The number of aliphatic carboxylic acids is 1. The van der Waals surface area contributed by atoms with Gasteiger partial charge in [0.2, 0.25) is 6.61 Å². The highest BCUT2D eigenvalue weighted by atomic mass is 16.6. The van der Waals surface area contributed by atoms with E-state index in [-0.39, 0.29) is 0 Å². The molecule has 0 saturated carbocycles. The first-order valence-corrected chi connectivity index (χ1v) is 5.04. The van der Waals surface area contributed by atoms with Gasteiger partial charge >= 0.3 is 5.97 Å². The Bertz CT molecular complexity index is 571. The summed E-state index contributed by atoms with van der Waals surface area (Å²) in [5.41, 5.74) is 1.57. The number of para-hydroxylation sites is 1. The molecule has 0 saturated heterocycles. The van der Waals surface area contributed by atoms with Crippen LogP contribution in [-0.4, -0.2) is 23.9 Å². The van der Waals surface area contributed by atoms with Crippen LogP contribution in [-0.2, 0) is 9.63 Å². The van der Waals surface area contributed by atoms with Crippen LogP contribution in [0.5, 0.6) is 0 Å². The second kappa shape index (κ2) is 4.69. The van der Waals surface area contributed by atoms with Crippen LogP contribution in [0.25, 0.3) is 11.0 Å². The van der Waals surface area contributed by atoms with Crippen LogP contribution in [0.4, 0.5) is 0 Å². The first kappa shape index (κ1) is 11.2. The maximum absolute atomic E-state index is 10.2. The van der Waals surface area contributed by atoms with Crippen LogP contribution in [0.3, 0.4) is 0 Å². The molecule has 0 spiro atoms. The molecule has 17 heavy (non-hydrogen) atoms. The predicted octanol–water partition coefficient (Wildman–Crippen LogP) is 2.18. The Labute approximate surface area is 97.3 Å². The summed E-state index contributed by atoms with van der Waals surface area (Å²) in [7, 11) is 0. The van der Waals surface area contributed by atoms with Crippen LogP contribution < -0.4 is 0 Å². The Kier molecular flexibility index (Phi) is 3.09. The van der Waals surface area contributed by atoms with Gasteiger partial charge in [-0.3, -0.25) is 0 Å². The summed E-state index contributed by atoms with van der Waals surface area (Å²) in [6.45, 7) is 1.36. The van der Waals surface area contributed by atoms with Crippen molar-refractivity contribution in [3.05, 3.63) is 35.6 Å². The molecule has 0 amide bonds. The maximum atomic E-state index is 10.2. The van der Waals surface area contributed by atoms with E-state index in [9.17, 15) is 4.79 Å². The smallest absolute Gasteiger partial charge is 0.344 e. The van der Waals surface area contributed by atoms with Crippen molar-refractivity contribution in [3.8, 4) is 0 Å². The molecule has 0 fully saturated rings. The van der Waals surface area contributed by atoms with Gasteiger partial charge in [0.15, 0.2) is 0 Å². The number of nitrogens with zero attached hydrogens (tertiary/aromatic N) is 1. The van der Waals surface area contributed by atoms with E-state index in [2.05, 4.69) is 9.99 Å². The molecular formula is C12H11NO4. The lowest BCUT2D eigenvalue weighted by atomic mass is 10.1. The summed E-state index contributed by atoms with van der Waals surface area (Å²) < 4.78 is 5.51. The Morgan fingerprint density at radius 1 is 1.53 bits per heavy atom. The molecule has 0 aliphatic carbocycles. The number of hydrogen-bond acceptors (Lipinski definition) is 4. The molecule has 88 valence electrons. The first-order valence-electron chi connectivity index (χ1n) is 5.04. The average molecular weight is 233 g/mol. The summed E-state index contributed by atoms with van der Waals surface area (Å²) in [6, 6.07) is 7.54. The number of hydrogen-bond donors (Lipinski definition) is 1. The minimum atomic E-state index is -1.06. The Balaban J connectivity index is 2.23. The lowest BCUT2D eigenvalue weighted by Gasteiger charge is -1.93. The minimum absolute atomic E-state index is 0.453. The zero-order chi connectivity index (χ0) is 12.3. The number of rotatable bonds is 4.